The highest BCUT2D eigenvalue weighted by Gasteiger charge is 1.99. The molecule has 2 rings (SSSR count). The van der Waals surface area contributed by atoms with Gasteiger partial charge in [0, 0.05) is 10.2 Å². The van der Waals surface area contributed by atoms with Crippen LogP contribution >= 0.6 is 31.9 Å². The molecule has 16 heavy (non-hydrogen) atoms. The zero-order chi connectivity index (χ0) is 11.5. The molecule has 0 aliphatic carbocycles. The van der Waals surface area contributed by atoms with Gasteiger partial charge in [-0.05, 0) is 52.7 Å². The van der Waals surface area contributed by atoms with E-state index >= 15 is 0 Å². The molecule has 1 aromatic carbocycles. The zero-order valence-electron chi connectivity index (χ0n) is 8.67. The van der Waals surface area contributed by atoms with Crippen LogP contribution < -0.4 is 5.32 Å². The maximum atomic E-state index is 4.31. The van der Waals surface area contributed by atoms with E-state index in [2.05, 4.69) is 55.2 Å². The van der Waals surface area contributed by atoms with Crippen LogP contribution in [0.4, 0.5) is 11.5 Å². The number of aromatic nitrogens is 1. The van der Waals surface area contributed by atoms with E-state index in [1.807, 2.05) is 30.3 Å². The topological polar surface area (TPSA) is 24.9 Å². The summed E-state index contributed by atoms with van der Waals surface area (Å²) in [5.41, 5.74) is 2.23. The fourth-order valence-electron chi connectivity index (χ4n) is 1.30. The molecule has 1 N–H and O–H groups in total. The van der Waals surface area contributed by atoms with Crippen LogP contribution in [0, 0.1) is 6.92 Å². The molecule has 0 fully saturated rings. The van der Waals surface area contributed by atoms with Gasteiger partial charge in [0.1, 0.15) is 10.4 Å². The number of rotatable bonds is 2. The van der Waals surface area contributed by atoms with Crippen LogP contribution in [0.5, 0.6) is 0 Å². The van der Waals surface area contributed by atoms with E-state index in [9.17, 15) is 0 Å². The van der Waals surface area contributed by atoms with Crippen LogP contribution in [-0.4, -0.2) is 4.98 Å². The third kappa shape index (κ3) is 2.83. The van der Waals surface area contributed by atoms with Crippen molar-refractivity contribution in [1.29, 1.82) is 0 Å². The Bertz CT molecular complexity index is 512. The Kier molecular flexibility index (Phi) is 3.61. The number of pyridine rings is 1. The summed E-state index contributed by atoms with van der Waals surface area (Å²) in [4.78, 5) is 4.31. The lowest BCUT2D eigenvalue weighted by molar-refractivity contribution is 1.26. The number of hydrogen-bond acceptors (Lipinski definition) is 2. The molecule has 0 aliphatic rings. The average molecular weight is 342 g/mol. The normalized spacial score (nSPS) is 10.2. The largest absolute Gasteiger partial charge is 0.340 e. The first kappa shape index (κ1) is 11.6. The van der Waals surface area contributed by atoms with Gasteiger partial charge in [-0.3, -0.25) is 0 Å². The van der Waals surface area contributed by atoms with Crippen molar-refractivity contribution in [2.45, 2.75) is 6.92 Å². The van der Waals surface area contributed by atoms with Crippen molar-refractivity contribution < 1.29 is 0 Å². The first-order valence-electron chi connectivity index (χ1n) is 4.81. The molecule has 0 bridgehead atoms. The molecule has 0 saturated carbocycles. The number of aryl methyl sites for hydroxylation is 1. The molecule has 82 valence electrons. The van der Waals surface area contributed by atoms with Gasteiger partial charge in [-0.15, -0.1) is 0 Å². The number of hydrogen-bond donors (Lipinski definition) is 1. The monoisotopic (exact) mass is 340 g/mol. The minimum Gasteiger partial charge on any atom is -0.340 e. The van der Waals surface area contributed by atoms with Crippen LogP contribution in [0.25, 0.3) is 0 Å². The summed E-state index contributed by atoms with van der Waals surface area (Å²) >= 11 is 6.85. The summed E-state index contributed by atoms with van der Waals surface area (Å²) in [7, 11) is 0. The number of halogens is 2. The summed E-state index contributed by atoms with van der Waals surface area (Å²) in [6, 6.07) is 11.9. The highest BCUT2D eigenvalue weighted by Crippen LogP contribution is 2.23. The average Bonchev–Trinajstić information content (AvgIpc) is 2.24. The minimum atomic E-state index is 0.823. The predicted octanol–water partition coefficient (Wildman–Crippen LogP) is 4.66. The van der Waals surface area contributed by atoms with Crippen LogP contribution in [0.1, 0.15) is 5.56 Å². The van der Waals surface area contributed by atoms with Crippen molar-refractivity contribution in [3.05, 3.63) is 51.0 Å². The summed E-state index contributed by atoms with van der Waals surface area (Å²) in [5, 5.41) is 3.24. The fraction of sp³-hybridized carbons (Fsp3) is 0.0833. The van der Waals surface area contributed by atoms with Gasteiger partial charge >= 0.3 is 0 Å². The molecule has 0 aliphatic heterocycles. The van der Waals surface area contributed by atoms with Crippen LogP contribution in [0.2, 0.25) is 0 Å². The summed E-state index contributed by atoms with van der Waals surface area (Å²) in [5.74, 6) is 0.824. The quantitative estimate of drug-likeness (QED) is 0.803. The molecule has 0 atom stereocenters. The molecular formula is C12H10Br2N2. The van der Waals surface area contributed by atoms with Crippen LogP contribution in [0.15, 0.2) is 45.5 Å². The second-order valence-corrected chi connectivity index (χ2v) is 5.10. The third-order valence-corrected chi connectivity index (χ3v) is 3.46. The van der Waals surface area contributed by atoms with E-state index in [0.717, 1.165) is 20.6 Å². The summed E-state index contributed by atoms with van der Waals surface area (Å²) in [6.07, 6.45) is 0. The maximum absolute atomic E-state index is 4.31. The highest BCUT2D eigenvalue weighted by molar-refractivity contribution is 9.10. The van der Waals surface area contributed by atoms with Crippen molar-refractivity contribution in [2.75, 3.05) is 5.32 Å². The maximum Gasteiger partial charge on any atom is 0.131 e. The predicted molar refractivity (Wildman–Crippen MR) is 74.1 cm³/mol. The highest BCUT2D eigenvalue weighted by atomic mass is 79.9. The first-order valence-corrected chi connectivity index (χ1v) is 6.39. The Hall–Kier alpha value is -0.870. The lowest BCUT2D eigenvalue weighted by atomic mass is 10.2. The van der Waals surface area contributed by atoms with E-state index in [1.54, 1.807) is 0 Å². The molecule has 0 spiro atoms. The van der Waals surface area contributed by atoms with Gasteiger partial charge in [0.15, 0.2) is 0 Å². The Morgan fingerprint density at radius 1 is 1.12 bits per heavy atom. The van der Waals surface area contributed by atoms with E-state index in [0.29, 0.717) is 0 Å². The second-order valence-electron chi connectivity index (χ2n) is 3.43. The number of anilines is 2. The lowest BCUT2D eigenvalue weighted by Crippen LogP contribution is -1.93. The zero-order valence-corrected chi connectivity index (χ0v) is 11.8. The van der Waals surface area contributed by atoms with Crippen molar-refractivity contribution in [2.24, 2.45) is 0 Å². The smallest absolute Gasteiger partial charge is 0.131 e. The molecule has 2 nitrogen and oxygen atoms in total. The van der Waals surface area contributed by atoms with Crippen molar-refractivity contribution >= 4 is 43.4 Å². The van der Waals surface area contributed by atoms with Gasteiger partial charge < -0.3 is 5.32 Å². The Balaban J connectivity index is 2.24. The summed E-state index contributed by atoms with van der Waals surface area (Å²) < 4.78 is 1.91. The SMILES string of the molecule is Cc1ccc(Nc2cccc(Br)n2)cc1Br. The van der Waals surface area contributed by atoms with Gasteiger partial charge in [-0.25, -0.2) is 4.98 Å². The second kappa shape index (κ2) is 4.97. The molecule has 1 heterocycles. The molecule has 4 heteroatoms. The molecular weight excluding hydrogens is 332 g/mol. The van der Waals surface area contributed by atoms with Crippen LogP contribution in [-0.2, 0) is 0 Å². The van der Waals surface area contributed by atoms with Crippen molar-refractivity contribution in [1.82, 2.24) is 4.98 Å². The van der Waals surface area contributed by atoms with Gasteiger partial charge in [0.25, 0.3) is 0 Å². The Labute approximate surface area is 111 Å². The van der Waals surface area contributed by atoms with Crippen LogP contribution in [0.3, 0.4) is 0 Å². The standard InChI is InChI=1S/C12H10Br2N2/c1-8-5-6-9(7-10(8)13)15-12-4-2-3-11(14)16-12/h2-7H,1H3,(H,15,16). The molecule has 0 saturated heterocycles. The van der Waals surface area contributed by atoms with E-state index < -0.39 is 0 Å². The lowest BCUT2D eigenvalue weighted by Gasteiger charge is -2.07. The van der Waals surface area contributed by atoms with Gasteiger partial charge in [-0.2, -0.15) is 0 Å². The molecule has 0 unspecified atom stereocenters. The molecule has 0 amide bonds. The van der Waals surface area contributed by atoms with Gasteiger partial charge in [0.05, 0.1) is 0 Å². The number of benzene rings is 1. The fourth-order valence-corrected chi connectivity index (χ4v) is 2.02. The molecule has 0 radical (unpaired) electrons. The third-order valence-electron chi connectivity index (χ3n) is 2.16. The Morgan fingerprint density at radius 3 is 2.62 bits per heavy atom. The van der Waals surface area contributed by atoms with Gasteiger partial charge in [-0.1, -0.05) is 28.1 Å². The van der Waals surface area contributed by atoms with E-state index in [1.165, 1.54) is 5.56 Å². The van der Waals surface area contributed by atoms with E-state index in [-0.39, 0.29) is 0 Å². The van der Waals surface area contributed by atoms with Crippen molar-refractivity contribution in [3.8, 4) is 0 Å². The first-order chi connectivity index (χ1) is 7.65. The molecule has 2 aromatic rings. The van der Waals surface area contributed by atoms with Gasteiger partial charge in [0.2, 0.25) is 0 Å². The number of nitrogens with one attached hydrogen (secondary N) is 1. The van der Waals surface area contributed by atoms with E-state index in [4.69, 9.17) is 0 Å². The number of nitrogens with zero attached hydrogens (tertiary/aromatic N) is 1. The Morgan fingerprint density at radius 2 is 1.94 bits per heavy atom. The van der Waals surface area contributed by atoms with Crippen molar-refractivity contribution in [3.63, 3.8) is 0 Å². The summed E-state index contributed by atoms with van der Waals surface area (Å²) in [6.45, 7) is 2.06. The minimum absolute atomic E-state index is 0.823. The molecule has 1 aromatic heterocycles.